The molecule has 218 valence electrons. The van der Waals surface area contributed by atoms with E-state index in [1.165, 1.54) is 80.1 Å². The molecule has 2 heteroatoms. The van der Waals surface area contributed by atoms with Crippen LogP contribution in [-0.4, -0.2) is 4.98 Å². The van der Waals surface area contributed by atoms with Crippen LogP contribution >= 0.6 is 11.3 Å². The summed E-state index contributed by atoms with van der Waals surface area (Å²) in [6, 6.07) is 59.7. The lowest BCUT2D eigenvalue weighted by Crippen LogP contribution is -1.90. The molecule has 2 aromatic heterocycles. The van der Waals surface area contributed by atoms with Crippen LogP contribution in [0, 0.1) is 0 Å². The molecule has 0 radical (unpaired) electrons. The highest BCUT2D eigenvalue weighted by atomic mass is 32.1. The number of para-hydroxylation sites is 1. The van der Waals surface area contributed by atoms with Crippen molar-refractivity contribution in [3.05, 3.63) is 164 Å². The van der Waals surface area contributed by atoms with Crippen molar-refractivity contribution in [2.24, 2.45) is 0 Å². The predicted octanol–water partition coefficient (Wildman–Crippen LogP) is 13.1. The molecule has 0 bridgehead atoms. The Morgan fingerprint density at radius 3 is 1.64 bits per heavy atom. The number of thiophene rings is 1. The molecular formula is C45H27NS. The molecule has 0 unspecified atom stereocenters. The van der Waals surface area contributed by atoms with Crippen LogP contribution in [0.25, 0.3) is 96.9 Å². The van der Waals surface area contributed by atoms with Crippen LogP contribution in [0.2, 0.25) is 0 Å². The van der Waals surface area contributed by atoms with Gasteiger partial charge in [-0.2, -0.15) is 0 Å². The van der Waals surface area contributed by atoms with Crippen LogP contribution in [0.1, 0.15) is 0 Å². The molecule has 0 saturated heterocycles. The minimum absolute atomic E-state index is 1.02. The van der Waals surface area contributed by atoms with Gasteiger partial charge in [0.05, 0.1) is 11.2 Å². The van der Waals surface area contributed by atoms with Crippen molar-refractivity contribution < 1.29 is 0 Å². The summed E-state index contributed by atoms with van der Waals surface area (Å²) < 4.78 is 2.62. The minimum atomic E-state index is 1.02. The fraction of sp³-hybridized carbons (Fsp3) is 0. The monoisotopic (exact) mass is 613 g/mol. The zero-order valence-electron chi connectivity index (χ0n) is 25.4. The van der Waals surface area contributed by atoms with E-state index in [2.05, 4.69) is 164 Å². The molecule has 0 aliphatic rings. The lowest BCUT2D eigenvalue weighted by atomic mass is 9.95. The van der Waals surface area contributed by atoms with Gasteiger partial charge in [-0.3, -0.25) is 0 Å². The molecule has 0 saturated carbocycles. The number of benzene rings is 8. The third kappa shape index (κ3) is 4.34. The van der Waals surface area contributed by atoms with Crippen molar-refractivity contribution in [1.29, 1.82) is 0 Å². The summed E-state index contributed by atoms with van der Waals surface area (Å²) in [6.45, 7) is 0. The van der Waals surface area contributed by atoms with Gasteiger partial charge >= 0.3 is 0 Å². The van der Waals surface area contributed by atoms with Gasteiger partial charge in [0.2, 0.25) is 0 Å². The highest BCUT2D eigenvalue weighted by Crippen LogP contribution is 2.41. The average molecular weight is 614 g/mol. The number of aromatic nitrogens is 1. The van der Waals surface area contributed by atoms with E-state index in [1.54, 1.807) is 0 Å². The van der Waals surface area contributed by atoms with Gasteiger partial charge < -0.3 is 0 Å². The highest BCUT2D eigenvalue weighted by Gasteiger charge is 2.14. The third-order valence-corrected chi connectivity index (χ3v) is 10.7. The molecular weight excluding hydrogens is 587 g/mol. The van der Waals surface area contributed by atoms with Crippen molar-refractivity contribution in [3.63, 3.8) is 0 Å². The Bertz CT molecular complexity index is 2840. The van der Waals surface area contributed by atoms with Crippen LogP contribution in [0.5, 0.6) is 0 Å². The standard InChI is InChI=1S/C45H27NS/c1-2-8-31-23-33(18-15-28(31)7-1)36-22-21-34-24-32(19-20-35(34)25-36)29-13-16-30(17-14-29)45-41-27-44-40(38-10-4-6-12-43(38)47-44)26-39(41)37-9-3-5-11-42(37)46-45/h1-27H. The summed E-state index contributed by atoms with van der Waals surface area (Å²) in [7, 11) is 0. The van der Waals surface area contributed by atoms with Gasteiger partial charge in [0.15, 0.2) is 0 Å². The van der Waals surface area contributed by atoms with E-state index in [0.29, 0.717) is 0 Å². The second-order valence-corrected chi connectivity index (χ2v) is 13.5. The third-order valence-electron chi connectivity index (χ3n) is 9.61. The second kappa shape index (κ2) is 10.3. The molecule has 0 atom stereocenters. The maximum atomic E-state index is 5.23. The summed E-state index contributed by atoms with van der Waals surface area (Å²) in [4.78, 5) is 5.23. The van der Waals surface area contributed by atoms with Gasteiger partial charge in [0.25, 0.3) is 0 Å². The quantitative estimate of drug-likeness (QED) is 0.181. The van der Waals surface area contributed by atoms with E-state index in [-0.39, 0.29) is 0 Å². The zero-order chi connectivity index (χ0) is 30.9. The Labute approximate surface area is 276 Å². The van der Waals surface area contributed by atoms with E-state index in [1.807, 2.05) is 11.3 Å². The lowest BCUT2D eigenvalue weighted by Gasteiger charge is -2.12. The fourth-order valence-corrected chi connectivity index (χ4v) is 8.31. The summed E-state index contributed by atoms with van der Waals surface area (Å²) in [5.41, 5.74) is 8.08. The van der Waals surface area contributed by atoms with Crippen LogP contribution in [0.15, 0.2) is 164 Å². The number of nitrogens with zero attached hydrogens (tertiary/aromatic N) is 1. The molecule has 10 rings (SSSR count). The van der Waals surface area contributed by atoms with Crippen molar-refractivity contribution in [2.75, 3.05) is 0 Å². The predicted molar refractivity (Wildman–Crippen MR) is 203 cm³/mol. The van der Waals surface area contributed by atoms with E-state index in [9.17, 15) is 0 Å². The van der Waals surface area contributed by atoms with Gasteiger partial charge in [0.1, 0.15) is 0 Å². The molecule has 0 amide bonds. The number of rotatable bonds is 3. The first-order chi connectivity index (χ1) is 23.2. The van der Waals surface area contributed by atoms with Crippen LogP contribution in [0.4, 0.5) is 0 Å². The Hall–Kier alpha value is -5.83. The van der Waals surface area contributed by atoms with Gasteiger partial charge in [-0.1, -0.05) is 121 Å². The first kappa shape index (κ1) is 26.4. The first-order valence-electron chi connectivity index (χ1n) is 16.0. The van der Waals surface area contributed by atoms with E-state index < -0.39 is 0 Å². The molecule has 0 aliphatic heterocycles. The topological polar surface area (TPSA) is 12.9 Å². The minimum Gasteiger partial charge on any atom is -0.247 e. The number of hydrogen-bond acceptors (Lipinski definition) is 2. The summed E-state index contributed by atoms with van der Waals surface area (Å²) in [6.07, 6.45) is 0. The SMILES string of the molecule is c1ccc2cc(-c3ccc4cc(-c5ccc(-c6nc7ccccc7c7cc8c(cc67)sc6ccccc68)cc5)ccc4c3)ccc2c1. The zero-order valence-corrected chi connectivity index (χ0v) is 26.3. The summed E-state index contributed by atoms with van der Waals surface area (Å²) in [5.74, 6) is 0. The van der Waals surface area contributed by atoms with Crippen molar-refractivity contribution in [1.82, 2.24) is 4.98 Å². The van der Waals surface area contributed by atoms with Crippen molar-refractivity contribution in [2.45, 2.75) is 0 Å². The second-order valence-electron chi connectivity index (χ2n) is 12.4. The number of hydrogen-bond donors (Lipinski definition) is 0. The Balaban J connectivity index is 1.04. The number of fused-ring (bicyclic) bond motifs is 8. The van der Waals surface area contributed by atoms with E-state index in [4.69, 9.17) is 4.98 Å². The van der Waals surface area contributed by atoms with Crippen molar-refractivity contribution in [3.8, 4) is 33.5 Å². The maximum Gasteiger partial charge on any atom is 0.0788 e. The molecule has 2 heterocycles. The van der Waals surface area contributed by atoms with Gasteiger partial charge in [0, 0.05) is 36.5 Å². The molecule has 47 heavy (non-hydrogen) atoms. The lowest BCUT2D eigenvalue weighted by molar-refractivity contribution is 1.43. The molecule has 1 nitrogen and oxygen atoms in total. The Morgan fingerprint density at radius 1 is 0.319 bits per heavy atom. The molecule has 0 aliphatic carbocycles. The largest absolute Gasteiger partial charge is 0.247 e. The molecule has 10 aromatic rings. The van der Waals surface area contributed by atoms with E-state index >= 15 is 0 Å². The average Bonchev–Trinajstić information content (AvgIpc) is 3.51. The normalized spacial score (nSPS) is 11.8. The number of pyridine rings is 1. The van der Waals surface area contributed by atoms with Crippen LogP contribution in [0.3, 0.4) is 0 Å². The smallest absolute Gasteiger partial charge is 0.0788 e. The molecule has 0 N–H and O–H groups in total. The van der Waals surface area contributed by atoms with Gasteiger partial charge in [-0.25, -0.2) is 4.98 Å². The highest BCUT2D eigenvalue weighted by molar-refractivity contribution is 7.25. The molecule has 0 fully saturated rings. The molecule has 8 aromatic carbocycles. The Kier molecular flexibility index (Phi) is 5.81. The van der Waals surface area contributed by atoms with Gasteiger partial charge in [-0.15, -0.1) is 11.3 Å². The van der Waals surface area contributed by atoms with Crippen molar-refractivity contribution >= 4 is 74.7 Å². The summed E-state index contributed by atoms with van der Waals surface area (Å²) in [5, 5.41) is 11.3. The van der Waals surface area contributed by atoms with Crippen LogP contribution < -0.4 is 0 Å². The molecule has 0 spiro atoms. The van der Waals surface area contributed by atoms with Crippen LogP contribution in [-0.2, 0) is 0 Å². The van der Waals surface area contributed by atoms with E-state index in [0.717, 1.165) is 16.8 Å². The fourth-order valence-electron chi connectivity index (χ4n) is 7.18. The maximum absolute atomic E-state index is 5.23. The summed E-state index contributed by atoms with van der Waals surface area (Å²) >= 11 is 1.86. The first-order valence-corrected chi connectivity index (χ1v) is 16.8. The van der Waals surface area contributed by atoms with Gasteiger partial charge in [-0.05, 0) is 91.6 Å². The Morgan fingerprint density at radius 2 is 0.872 bits per heavy atom.